The van der Waals surface area contributed by atoms with E-state index >= 15 is 0 Å². The molecule has 0 amide bonds. The van der Waals surface area contributed by atoms with Crippen LogP contribution in [-0.2, 0) is 0 Å². The van der Waals surface area contributed by atoms with Gasteiger partial charge in [-0.2, -0.15) is 0 Å². The largest absolute Gasteiger partial charge is 0.396 e. The average molecular weight is 253 g/mol. The van der Waals surface area contributed by atoms with Crippen molar-refractivity contribution < 1.29 is 5.11 Å². The topological polar surface area (TPSA) is 46.2 Å². The Kier molecular flexibility index (Phi) is 6.03. The lowest BCUT2D eigenvalue weighted by Crippen LogP contribution is -2.39. The summed E-state index contributed by atoms with van der Waals surface area (Å²) in [5.41, 5.74) is 5.71. The van der Waals surface area contributed by atoms with Gasteiger partial charge in [-0.25, -0.2) is 0 Å². The summed E-state index contributed by atoms with van der Waals surface area (Å²) in [4.78, 5) is 1.28. The molecular weight excluding hydrogens is 230 g/mol. The maximum atomic E-state index is 9.55. The van der Waals surface area contributed by atoms with Crippen molar-refractivity contribution in [2.24, 2.45) is 17.1 Å². The highest BCUT2D eigenvalue weighted by molar-refractivity contribution is 7.99. The number of rotatable bonds is 7. The van der Waals surface area contributed by atoms with Crippen LogP contribution >= 0.6 is 11.8 Å². The summed E-state index contributed by atoms with van der Waals surface area (Å²) in [5.74, 6) is 1.41. The fourth-order valence-corrected chi connectivity index (χ4v) is 2.94. The van der Waals surface area contributed by atoms with E-state index in [1.807, 2.05) is 30.0 Å². The molecular formula is C14H23NOS. The molecule has 1 unspecified atom stereocenters. The van der Waals surface area contributed by atoms with Gasteiger partial charge in [0.2, 0.25) is 0 Å². The molecule has 3 N–H and O–H groups in total. The maximum absolute atomic E-state index is 9.55. The first kappa shape index (κ1) is 14.6. The fraction of sp³-hybridized carbons (Fsp3) is 0.571. The highest BCUT2D eigenvalue weighted by Crippen LogP contribution is 2.32. The van der Waals surface area contributed by atoms with Gasteiger partial charge in [0.05, 0.1) is 6.61 Å². The molecule has 0 heterocycles. The molecule has 1 aromatic rings. The summed E-state index contributed by atoms with van der Waals surface area (Å²) in [6.45, 7) is 5.00. The Morgan fingerprint density at radius 1 is 1.29 bits per heavy atom. The zero-order valence-corrected chi connectivity index (χ0v) is 11.5. The molecule has 96 valence electrons. The molecule has 0 radical (unpaired) electrons. The third-order valence-electron chi connectivity index (χ3n) is 3.56. The van der Waals surface area contributed by atoms with E-state index in [2.05, 4.69) is 26.0 Å². The molecule has 0 saturated carbocycles. The highest BCUT2D eigenvalue weighted by Gasteiger charge is 2.31. The SMILES string of the molecule is CC(C)C(CN)(CO)CCSc1ccccc1. The van der Waals surface area contributed by atoms with Crippen LogP contribution in [0.1, 0.15) is 20.3 Å². The monoisotopic (exact) mass is 253 g/mol. The van der Waals surface area contributed by atoms with Crippen molar-refractivity contribution in [3.8, 4) is 0 Å². The summed E-state index contributed by atoms with van der Waals surface area (Å²) in [5, 5.41) is 9.55. The molecule has 0 spiro atoms. The predicted octanol–water partition coefficient (Wildman–Crippen LogP) is 2.76. The summed E-state index contributed by atoms with van der Waals surface area (Å²) < 4.78 is 0. The molecule has 0 aliphatic heterocycles. The summed E-state index contributed by atoms with van der Waals surface area (Å²) in [7, 11) is 0. The molecule has 2 nitrogen and oxygen atoms in total. The van der Waals surface area contributed by atoms with Crippen LogP contribution in [0.5, 0.6) is 0 Å². The van der Waals surface area contributed by atoms with E-state index in [0.29, 0.717) is 12.5 Å². The quantitative estimate of drug-likeness (QED) is 0.735. The van der Waals surface area contributed by atoms with E-state index < -0.39 is 0 Å². The molecule has 0 aliphatic carbocycles. The minimum atomic E-state index is -0.123. The van der Waals surface area contributed by atoms with Gasteiger partial charge < -0.3 is 10.8 Å². The van der Waals surface area contributed by atoms with Gasteiger partial charge in [0.1, 0.15) is 0 Å². The van der Waals surface area contributed by atoms with Gasteiger partial charge in [-0.1, -0.05) is 32.0 Å². The van der Waals surface area contributed by atoms with E-state index in [9.17, 15) is 5.11 Å². The van der Waals surface area contributed by atoms with Crippen LogP contribution in [0.4, 0.5) is 0 Å². The minimum absolute atomic E-state index is 0.123. The van der Waals surface area contributed by atoms with Crippen molar-refractivity contribution in [2.45, 2.75) is 25.2 Å². The first-order valence-corrected chi connectivity index (χ1v) is 7.12. The Bertz CT molecular complexity index is 309. The number of hydrogen-bond acceptors (Lipinski definition) is 3. The first-order valence-electron chi connectivity index (χ1n) is 6.13. The van der Waals surface area contributed by atoms with Gasteiger partial charge in [-0.3, -0.25) is 0 Å². The molecule has 0 saturated heterocycles. The first-order chi connectivity index (χ1) is 8.14. The zero-order valence-electron chi connectivity index (χ0n) is 10.7. The number of aliphatic hydroxyl groups is 1. The second-order valence-corrected chi connectivity index (χ2v) is 5.96. The van der Waals surface area contributed by atoms with Crippen molar-refractivity contribution in [1.29, 1.82) is 0 Å². The van der Waals surface area contributed by atoms with Gasteiger partial charge in [0.15, 0.2) is 0 Å². The predicted molar refractivity (Wildman–Crippen MR) is 75.2 cm³/mol. The lowest BCUT2D eigenvalue weighted by molar-refractivity contribution is 0.0814. The number of aliphatic hydroxyl groups excluding tert-OH is 1. The van der Waals surface area contributed by atoms with Gasteiger partial charge in [0, 0.05) is 16.9 Å². The fourth-order valence-electron chi connectivity index (χ4n) is 1.84. The van der Waals surface area contributed by atoms with Crippen LogP contribution in [0.3, 0.4) is 0 Å². The van der Waals surface area contributed by atoms with Crippen molar-refractivity contribution in [3.05, 3.63) is 30.3 Å². The number of thioether (sulfide) groups is 1. The van der Waals surface area contributed by atoms with E-state index in [-0.39, 0.29) is 12.0 Å². The van der Waals surface area contributed by atoms with Crippen LogP contribution in [-0.4, -0.2) is 24.0 Å². The third kappa shape index (κ3) is 4.02. The standard InChI is InChI=1S/C14H23NOS/c1-12(2)14(10-15,11-16)8-9-17-13-6-4-3-5-7-13/h3-7,12,16H,8-11,15H2,1-2H3. The van der Waals surface area contributed by atoms with Crippen molar-refractivity contribution in [2.75, 3.05) is 18.9 Å². The Labute approximate surface area is 109 Å². The molecule has 1 rings (SSSR count). The Morgan fingerprint density at radius 2 is 1.94 bits per heavy atom. The van der Waals surface area contributed by atoms with Gasteiger partial charge in [0.25, 0.3) is 0 Å². The van der Waals surface area contributed by atoms with E-state index in [4.69, 9.17) is 5.73 Å². The second kappa shape index (κ2) is 7.04. The molecule has 1 atom stereocenters. The van der Waals surface area contributed by atoms with Crippen molar-refractivity contribution >= 4 is 11.8 Å². The van der Waals surface area contributed by atoms with Crippen molar-refractivity contribution in [3.63, 3.8) is 0 Å². The Balaban J connectivity index is 2.48. The molecule has 0 aliphatic rings. The van der Waals surface area contributed by atoms with Gasteiger partial charge >= 0.3 is 0 Å². The number of hydrogen-bond donors (Lipinski definition) is 2. The molecule has 0 aromatic heterocycles. The molecule has 0 fully saturated rings. The van der Waals surface area contributed by atoms with Gasteiger partial charge in [-0.05, 0) is 30.2 Å². The summed E-state index contributed by atoms with van der Waals surface area (Å²) in [6, 6.07) is 10.3. The smallest absolute Gasteiger partial charge is 0.0502 e. The third-order valence-corrected chi connectivity index (χ3v) is 4.57. The lowest BCUT2D eigenvalue weighted by Gasteiger charge is -2.34. The Hall–Kier alpha value is -0.510. The molecule has 3 heteroatoms. The summed E-state index contributed by atoms with van der Waals surface area (Å²) >= 11 is 1.83. The molecule has 0 bridgehead atoms. The molecule has 17 heavy (non-hydrogen) atoms. The summed E-state index contributed by atoms with van der Waals surface area (Å²) in [6.07, 6.45) is 0.956. The molecule has 1 aromatic carbocycles. The minimum Gasteiger partial charge on any atom is -0.396 e. The number of nitrogens with two attached hydrogens (primary N) is 1. The zero-order chi connectivity index (χ0) is 12.7. The van der Waals surface area contributed by atoms with Crippen LogP contribution in [0.2, 0.25) is 0 Å². The van der Waals surface area contributed by atoms with Gasteiger partial charge in [-0.15, -0.1) is 11.8 Å². The van der Waals surface area contributed by atoms with Crippen LogP contribution in [0.25, 0.3) is 0 Å². The van der Waals surface area contributed by atoms with E-state index in [0.717, 1.165) is 12.2 Å². The highest BCUT2D eigenvalue weighted by atomic mass is 32.2. The Morgan fingerprint density at radius 3 is 2.41 bits per heavy atom. The van der Waals surface area contributed by atoms with Crippen LogP contribution in [0, 0.1) is 11.3 Å². The second-order valence-electron chi connectivity index (χ2n) is 4.79. The van der Waals surface area contributed by atoms with E-state index in [1.54, 1.807) is 0 Å². The lowest BCUT2D eigenvalue weighted by atomic mass is 9.76. The van der Waals surface area contributed by atoms with E-state index in [1.165, 1.54) is 4.90 Å². The average Bonchev–Trinajstić information content (AvgIpc) is 2.36. The van der Waals surface area contributed by atoms with Crippen molar-refractivity contribution in [1.82, 2.24) is 0 Å². The van der Waals surface area contributed by atoms with Crippen LogP contribution in [0.15, 0.2) is 35.2 Å². The maximum Gasteiger partial charge on any atom is 0.0502 e. The van der Waals surface area contributed by atoms with Crippen LogP contribution < -0.4 is 5.73 Å². The number of benzene rings is 1. The normalized spacial score (nSPS) is 14.9.